The Morgan fingerprint density at radius 3 is 2.42 bits per heavy atom. The summed E-state index contributed by atoms with van der Waals surface area (Å²) in [4.78, 5) is 17.0. The Balaban J connectivity index is 1.85. The van der Waals surface area contributed by atoms with Crippen molar-refractivity contribution in [3.8, 4) is 0 Å². The van der Waals surface area contributed by atoms with Crippen LogP contribution in [0.5, 0.6) is 0 Å². The first-order valence-electron chi connectivity index (χ1n) is 7.77. The normalized spacial score (nSPS) is 11.7. The molecule has 124 valence electrons. The molecule has 1 amide bonds. The summed E-state index contributed by atoms with van der Waals surface area (Å²) in [5, 5.41) is 13.9. The summed E-state index contributed by atoms with van der Waals surface area (Å²) in [6, 6.07) is 10.9. The molecule has 1 aromatic heterocycles. The second-order valence-corrected chi connectivity index (χ2v) is 7.64. The Bertz CT molecular complexity index is 906. The van der Waals surface area contributed by atoms with Gasteiger partial charge in [0, 0.05) is 11.3 Å². The Kier molecular flexibility index (Phi) is 4.15. The maximum atomic E-state index is 12.5. The molecule has 2 aromatic carbocycles. The molecule has 0 unspecified atom stereocenters. The highest BCUT2D eigenvalue weighted by molar-refractivity contribution is 7.18. The Morgan fingerprint density at radius 2 is 1.79 bits per heavy atom. The van der Waals surface area contributed by atoms with Gasteiger partial charge in [0.05, 0.1) is 20.8 Å². The molecule has 1 heterocycles. The fourth-order valence-corrected chi connectivity index (χ4v) is 3.48. The number of amides is 1. The molecule has 2 N–H and O–H groups in total. The minimum absolute atomic E-state index is 0.174. The van der Waals surface area contributed by atoms with E-state index in [2.05, 4.69) is 10.3 Å². The van der Waals surface area contributed by atoms with Gasteiger partial charge in [-0.1, -0.05) is 12.1 Å². The van der Waals surface area contributed by atoms with E-state index in [1.54, 1.807) is 49.4 Å². The van der Waals surface area contributed by atoms with Gasteiger partial charge in [-0.05, 0) is 63.1 Å². The predicted octanol–water partition coefficient (Wildman–Crippen LogP) is 4.39. The Hall–Kier alpha value is -2.24. The molecule has 0 atom stereocenters. The van der Waals surface area contributed by atoms with Crippen LogP contribution in [-0.4, -0.2) is 16.0 Å². The summed E-state index contributed by atoms with van der Waals surface area (Å²) in [5.41, 5.74) is 3.08. The Labute approximate surface area is 145 Å². The first-order valence-corrected chi connectivity index (χ1v) is 8.58. The molecule has 0 saturated carbocycles. The smallest absolute Gasteiger partial charge is 0.255 e. The average molecular weight is 340 g/mol. The number of anilines is 1. The molecule has 4 nitrogen and oxygen atoms in total. The van der Waals surface area contributed by atoms with Crippen LogP contribution in [0.2, 0.25) is 0 Å². The minimum Gasteiger partial charge on any atom is -0.386 e. The van der Waals surface area contributed by atoms with Crippen molar-refractivity contribution in [1.29, 1.82) is 0 Å². The minimum atomic E-state index is -0.918. The number of rotatable bonds is 3. The summed E-state index contributed by atoms with van der Waals surface area (Å²) in [6.45, 7) is 7.38. The average Bonchev–Trinajstić information content (AvgIpc) is 2.91. The topological polar surface area (TPSA) is 62.2 Å². The predicted molar refractivity (Wildman–Crippen MR) is 98.7 cm³/mol. The van der Waals surface area contributed by atoms with E-state index in [4.69, 9.17) is 0 Å². The summed E-state index contributed by atoms with van der Waals surface area (Å²) in [7, 11) is 0. The molecule has 0 bridgehead atoms. The summed E-state index contributed by atoms with van der Waals surface area (Å²) in [5.74, 6) is -0.174. The number of aliphatic hydroxyl groups is 1. The van der Waals surface area contributed by atoms with E-state index in [1.807, 2.05) is 26.0 Å². The van der Waals surface area contributed by atoms with Crippen molar-refractivity contribution in [2.75, 3.05) is 5.32 Å². The standard InChI is InChI=1S/C19H20N2O2S/c1-11-15(9-10-16-17(11)20-12(2)24-16)21-18(22)13-5-7-14(8-6-13)19(3,4)23/h5-10,23H,1-4H3,(H,21,22). The second-order valence-electron chi connectivity index (χ2n) is 6.41. The lowest BCUT2D eigenvalue weighted by Crippen LogP contribution is -2.17. The SMILES string of the molecule is Cc1nc2c(C)c(NC(=O)c3ccc(C(C)(C)O)cc3)ccc2s1. The van der Waals surface area contributed by atoms with Crippen LogP contribution in [0.4, 0.5) is 5.69 Å². The fourth-order valence-electron chi connectivity index (χ4n) is 2.60. The van der Waals surface area contributed by atoms with Crippen LogP contribution in [0.15, 0.2) is 36.4 Å². The largest absolute Gasteiger partial charge is 0.386 e. The van der Waals surface area contributed by atoms with Gasteiger partial charge in [0.15, 0.2) is 0 Å². The zero-order valence-corrected chi connectivity index (χ0v) is 15.0. The Morgan fingerprint density at radius 1 is 1.12 bits per heavy atom. The van der Waals surface area contributed by atoms with Crippen LogP contribution < -0.4 is 5.32 Å². The van der Waals surface area contributed by atoms with Gasteiger partial charge in [-0.25, -0.2) is 4.98 Å². The van der Waals surface area contributed by atoms with E-state index >= 15 is 0 Å². The van der Waals surface area contributed by atoms with E-state index in [1.165, 1.54) is 0 Å². The van der Waals surface area contributed by atoms with E-state index in [0.717, 1.165) is 32.0 Å². The maximum absolute atomic E-state index is 12.5. The molecule has 3 rings (SSSR count). The molecule has 0 fully saturated rings. The molecule has 0 aliphatic rings. The molecule has 5 heteroatoms. The lowest BCUT2D eigenvalue weighted by Gasteiger charge is -2.17. The van der Waals surface area contributed by atoms with E-state index in [0.29, 0.717) is 5.56 Å². The molecule has 0 aliphatic heterocycles. The van der Waals surface area contributed by atoms with Gasteiger partial charge in [0.1, 0.15) is 0 Å². The van der Waals surface area contributed by atoms with Crippen LogP contribution >= 0.6 is 11.3 Å². The van der Waals surface area contributed by atoms with E-state index in [-0.39, 0.29) is 5.91 Å². The van der Waals surface area contributed by atoms with Gasteiger partial charge in [0.2, 0.25) is 0 Å². The molecule has 3 aromatic rings. The zero-order chi connectivity index (χ0) is 17.5. The molecular formula is C19H20N2O2S. The van der Waals surface area contributed by atoms with Crippen molar-refractivity contribution >= 4 is 33.1 Å². The van der Waals surface area contributed by atoms with Gasteiger partial charge in [-0.2, -0.15) is 0 Å². The van der Waals surface area contributed by atoms with Crippen molar-refractivity contribution < 1.29 is 9.90 Å². The van der Waals surface area contributed by atoms with Crippen molar-refractivity contribution in [2.45, 2.75) is 33.3 Å². The van der Waals surface area contributed by atoms with Crippen molar-refractivity contribution in [3.05, 3.63) is 58.1 Å². The second kappa shape index (κ2) is 6.00. The van der Waals surface area contributed by atoms with Gasteiger partial charge in [-0.15, -0.1) is 11.3 Å². The first-order chi connectivity index (χ1) is 11.3. The van der Waals surface area contributed by atoms with E-state index in [9.17, 15) is 9.90 Å². The third-order valence-electron chi connectivity index (χ3n) is 4.02. The number of fused-ring (bicyclic) bond motifs is 1. The van der Waals surface area contributed by atoms with Crippen molar-refractivity contribution in [3.63, 3.8) is 0 Å². The molecule has 24 heavy (non-hydrogen) atoms. The molecule has 0 radical (unpaired) electrons. The van der Waals surface area contributed by atoms with Gasteiger partial charge >= 0.3 is 0 Å². The van der Waals surface area contributed by atoms with Crippen LogP contribution in [0, 0.1) is 13.8 Å². The number of hydrogen-bond acceptors (Lipinski definition) is 4. The zero-order valence-electron chi connectivity index (χ0n) is 14.2. The molecule has 0 saturated heterocycles. The third kappa shape index (κ3) is 3.18. The van der Waals surface area contributed by atoms with Gasteiger partial charge < -0.3 is 10.4 Å². The first kappa shape index (κ1) is 16.6. The lowest BCUT2D eigenvalue weighted by molar-refractivity contribution is 0.0785. The number of carbonyl (C=O) groups excluding carboxylic acids is 1. The summed E-state index contributed by atoms with van der Waals surface area (Å²) < 4.78 is 1.12. The number of carbonyl (C=O) groups is 1. The summed E-state index contributed by atoms with van der Waals surface area (Å²) in [6.07, 6.45) is 0. The highest BCUT2D eigenvalue weighted by Gasteiger charge is 2.17. The number of benzene rings is 2. The summed E-state index contributed by atoms with van der Waals surface area (Å²) >= 11 is 1.65. The van der Waals surface area contributed by atoms with Crippen LogP contribution in [-0.2, 0) is 5.60 Å². The van der Waals surface area contributed by atoms with Crippen LogP contribution in [0.25, 0.3) is 10.2 Å². The molecule has 0 aliphatic carbocycles. The number of thiazole rings is 1. The maximum Gasteiger partial charge on any atom is 0.255 e. The van der Waals surface area contributed by atoms with Crippen molar-refractivity contribution in [2.24, 2.45) is 0 Å². The number of hydrogen-bond donors (Lipinski definition) is 2. The third-order valence-corrected chi connectivity index (χ3v) is 4.96. The number of nitrogens with one attached hydrogen (secondary N) is 1. The lowest BCUT2D eigenvalue weighted by atomic mass is 9.97. The van der Waals surface area contributed by atoms with E-state index < -0.39 is 5.60 Å². The number of nitrogens with zero attached hydrogens (tertiary/aromatic N) is 1. The monoisotopic (exact) mass is 340 g/mol. The highest BCUT2D eigenvalue weighted by Crippen LogP contribution is 2.29. The van der Waals surface area contributed by atoms with Gasteiger partial charge in [-0.3, -0.25) is 4.79 Å². The molecule has 0 spiro atoms. The quantitative estimate of drug-likeness (QED) is 0.743. The van der Waals surface area contributed by atoms with Crippen LogP contribution in [0.3, 0.4) is 0 Å². The molecular weight excluding hydrogens is 320 g/mol. The fraction of sp³-hybridized carbons (Fsp3) is 0.263. The highest BCUT2D eigenvalue weighted by atomic mass is 32.1. The number of aromatic nitrogens is 1. The van der Waals surface area contributed by atoms with Crippen molar-refractivity contribution in [1.82, 2.24) is 4.98 Å². The van der Waals surface area contributed by atoms with Gasteiger partial charge in [0.25, 0.3) is 5.91 Å². The van der Waals surface area contributed by atoms with Crippen LogP contribution in [0.1, 0.15) is 40.3 Å². The number of aryl methyl sites for hydroxylation is 2.